The first-order valence-electron chi connectivity index (χ1n) is 10.1. The lowest BCUT2D eigenvalue weighted by molar-refractivity contribution is 0.0342. The van der Waals surface area contributed by atoms with Crippen molar-refractivity contribution in [1.82, 2.24) is 24.4 Å². The van der Waals surface area contributed by atoms with Gasteiger partial charge in [0.25, 0.3) is 0 Å². The van der Waals surface area contributed by atoms with Gasteiger partial charge in [-0.15, -0.1) is 0 Å². The lowest BCUT2D eigenvalue weighted by atomic mass is 10.1. The number of imidazole rings is 1. The van der Waals surface area contributed by atoms with E-state index in [1.165, 1.54) is 5.56 Å². The van der Waals surface area contributed by atoms with Gasteiger partial charge in [0.1, 0.15) is 17.2 Å². The highest BCUT2D eigenvalue weighted by Gasteiger charge is 2.14. The number of fused-ring (bicyclic) bond motifs is 1. The van der Waals surface area contributed by atoms with Crippen LogP contribution in [-0.2, 0) is 11.3 Å². The minimum absolute atomic E-state index is 0.481. The van der Waals surface area contributed by atoms with Crippen LogP contribution in [0.3, 0.4) is 0 Å². The minimum atomic E-state index is 0.481. The SMILES string of the molecule is Cc1nc2ccc(-c3ccnc(N)c3)nc2n1-c1ccc(CN2CCOCC2)cc1. The van der Waals surface area contributed by atoms with Crippen molar-refractivity contribution in [3.05, 3.63) is 66.1 Å². The molecule has 0 amide bonds. The molecule has 152 valence electrons. The van der Waals surface area contributed by atoms with E-state index in [4.69, 9.17) is 20.4 Å². The zero-order valence-corrected chi connectivity index (χ0v) is 17.0. The van der Waals surface area contributed by atoms with Gasteiger partial charge in [-0.05, 0) is 48.9 Å². The van der Waals surface area contributed by atoms with Crippen LogP contribution in [0.1, 0.15) is 11.4 Å². The molecule has 0 saturated carbocycles. The van der Waals surface area contributed by atoms with Crippen molar-refractivity contribution in [3.63, 3.8) is 0 Å². The van der Waals surface area contributed by atoms with Crippen LogP contribution in [0.15, 0.2) is 54.7 Å². The molecule has 1 saturated heterocycles. The third-order valence-electron chi connectivity index (χ3n) is 5.45. The summed E-state index contributed by atoms with van der Waals surface area (Å²) in [5.41, 5.74) is 11.7. The van der Waals surface area contributed by atoms with Crippen LogP contribution in [0.4, 0.5) is 5.82 Å². The van der Waals surface area contributed by atoms with Crippen molar-refractivity contribution in [2.75, 3.05) is 32.0 Å². The Bertz CT molecular complexity index is 1180. The van der Waals surface area contributed by atoms with Crippen LogP contribution in [0.2, 0.25) is 0 Å². The second-order valence-corrected chi connectivity index (χ2v) is 7.56. The maximum atomic E-state index is 5.85. The Morgan fingerprint density at radius 1 is 1.00 bits per heavy atom. The predicted octanol–water partition coefficient (Wildman–Crippen LogP) is 3.21. The van der Waals surface area contributed by atoms with Gasteiger partial charge in [-0.3, -0.25) is 9.47 Å². The standard InChI is InChI=1S/C23H24N6O/c1-16-26-21-7-6-20(18-8-9-25-22(24)14-18)27-23(21)29(16)19-4-2-17(3-5-19)15-28-10-12-30-13-11-28/h2-9,14H,10-13,15H2,1H3,(H2,24,25). The number of benzene rings is 1. The molecule has 1 aliphatic heterocycles. The highest BCUT2D eigenvalue weighted by molar-refractivity contribution is 5.78. The van der Waals surface area contributed by atoms with Gasteiger partial charge in [0.2, 0.25) is 0 Å². The summed E-state index contributed by atoms with van der Waals surface area (Å²) < 4.78 is 7.54. The molecule has 7 nitrogen and oxygen atoms in total. The molecule has 7 heteroatoms. The second kappa shape index (κ2) is 7.85. The Morgan fingerprint density at radius 2 is 1.80 bits per heavy atom. The lowest BCUT2D eigenvalue weighted by Gasteiger charge is -2.26. The monoisotopic (exact) mass is 400 g/mol. The molecular weight excluding hydrogens is 376 g/mol. The van der Waals surface area contributed by atoms with Gasteiger partial charge in [-0.1, -0.05) is 12.1 Å². The molecule has 4 aromatic rings. The summed E-state index contributed by atoms with van der Waals surface area (Å²) in [6, 6.07) is 16.4. The summed E-state index contributed by atoms with van der Waals surface area (Å²) in [4.78, 5) is 16.1. The molecule has 1 aliphatic rings. The molecule has 3 aromatic heterocycles. The van der Waals surface area contributed by atoms with Crippen molar-refractivity contribution in [2.45, 2.75) is 13.5 Å². The Hall–Kier alpha value is -3.29. The van der Waals surface area contributed by atoms with Gasteiger partial charge in [0.15, 0.2) is 5.65 Å². The van der Waals surface area contributed by atoms with E-state index in [0.717, 1.165) is 66.8 Å². The van der Waals surface area contributed by atoms with Crippen molar-refractivity contribution < 1.29 is 4.74 Å². The lowest BCUT2D eigenvalue weighted by Crippen LogP contribution is -2.35. The van der Waals surface area contributed by atoms with Crippen molar-refractivity contribution >= 4 is 17.0 Å². The maximum Gasteiger partial charge on any atom is 0.165 e. The number of pyridine rings is 2. The zero-order valence-electron chi connectivity index (χ0n) is 17.0. The summed E-state index contributed by atoms with van der Waals surface area (Å²) in [6.45, 7) is 6.55. The number of rotatable bonds is 4. The zero-order chi connectivity index (χ0) is 20.5. The number of hydrogen-bond donors (Lipinski definition) is 1. The summed E-state index contributed by atoms with van der Waals surface area (Å²) >= 11 is 0. The van der Waals surface area contributed by atoms with Gasteiger partial charge in [0.05, 0.1) is 18.9 Å². The molecule has 0 unspecified atom stereocenters. The van der Waals surface area contributed by atoms with E-state index in [0.29, 0.717) is 5.82 Å². The summed E-state index contributed by atoms with van der Waals surface area (Å²) in [6.07, 6.45) is 1.70. The Balaban J connectivity index is 1.48. The predicted molar refractivity (Wildman–Crippen MR) is 117 cm³/mol. The molecule has 5 rings (SSSR count). The Labute approximate surface area is 175 Å². The molecule has 4 heterocycles. The normalized spacial score (nSPS) is 15.0. The highest BCUT2D eigenvalue weighted by Crippen LogP contribution is 2.25. The number of ether oxygens (including phenoxy) is 1. The third kappa shape index (κ3) is 3.65. The van der Waals surface area contributed by atoms with Crippen LogP contribution in [-0.4, -0.2) is 50.7 Å². The van der Waals surface area contributed by atoms with Gasteiger partial charge in [0, 0.05) is 37.1 Å². The van der Waals surface area contributed by atoms with E-state index in [9.17, 15) is 0 Å². The molecular formula is C23H24N6O. The number of morpholine rings is 1. The van der Waals surface area contributed by atoms with Crippen molar-refractivity contribution in [1.29, 1.82) is 0 Å². The van der Waals surface area contributed by atoms with Crippen LogP contribution >= 0.6 is 0 Å². The van der Waals surface area contributed by atoms with Crippen LogP contribution in [0.25, 0.3) is 28.1 Å². The smallest absolute Gasteiger partial charge is 0.165 e. The number of nitrogen functional groups attached to an aromatic ring is 1. The highest BCUT2D eigenvalue weighted by atomic mass is 16.5. The number of nitrogens with zero attached hydrogens (tertiary/aromatic N) is 5. The van der Waals surface area contributed by atoms with Crippen molar-refractivity contribution in [2.24, 2.45) is 0 Å². The van der Waals surface area contributed by atoms with Gasteiger partial charge in [-0.2, -0.15) is 0 Å². The average Bonchev–Trinajstić information content (AvgIpc) is 3.10. The first-order valence-corrected chi connectivity index (χ1v) is 10.1. The Kier molecular flexibility index (Phi) is 4.90. The van der Waals surface area contributed by atoms with Crippen LogP contribution in [0, 0.1) is 6.92 Å². The van der Waals surface area contributed by atoms with Gasteiger partial charge in [-0.25, -0.2) is 15.0 Å². The van der Waals surface area contributed by atoms with E-state index in [2.05, 4.69) is 38.7 Å². The van der Waals surface area contributed by atoms with Crippen molar-refractivity contribution in [3.8, 4) is 16.9 Å². The molecule has 1 fully saturated rings. The molecule has 30 heavy (non-hydrogen) atoms. The third-order valence-corrected chi connectivity index (χ3v) is 5.45. The van der Waals surface area contributed by atoms with Gasteiger partial charge >= 0.3 is 0 Å². The number of nitrogens with two attached hydrogens (primary N) is 1. The fourth-order valence-corrected chi connectivity index (χ4v) is 3.92. The minimum Gasteiger partial charge on any atom is -0.384 e. The largest absolute Gasteiger partial charge is 0.384 e. The number of hydrogen-bond acceptors (Lipinski definition) is 6. The molecule has 0 bridgehead atoms. The first-order chi connectivity index (χ1) is 14.7. The van der Waals surface area contributed by atoms with Crippen LogP contribution < -0.4 is 5.73 Å². The van der Waals surface area contributed by atoms with E-state index in [1.807, 2.05) is 31.2 Å². The summed E-state index contributed by atoms with van der Waals surface area (Å²) in [7, 11) is 0. The Morgan fingerprint density at radius 3 is 2.57 bits per heavy atom. The second-order valence-electron chi connectivity index (χ2n) is 7.56. The van der Waals surface area contributed by atoms with E-state index in [-0.39, 0.29) is 0 Å². The van der Waals surface area contributed by atoms with Gasteiger partial charge < -0.3 is 10.5 Å². The fraction of sp³-hybridized carbons (Fsp3) is 0.261. The average molecular weight is 400 g/mol. The first kappa shape index (κ1) is 18.7. The molecule has 0 spiro atoms. The number of aromatic nitrogens is 4. The topological polar surface area (TPSA) is 82.1 Å². The van der Waals surface area contributed by atoms with E-state index in [1.54, 1.807) is 6.20 Å². The maximum absolute atomic E-state index is 5.85. The van der Waals surface area contributed by atoms with Crippen LogP contribution in [0.5, 0.6) is 0 Å². The molecule has 0 atom stereocenters. The molecule has 0 aliphatic carbocycles. The van der Waals surface area contributed by atoms with E-state index >= 15 is 0 Å². The number of anilines is 1. The molecule has 2 N–H and O–H groups in total. The summed E-state index contributed by atoms with van der Waals surface area (Å²) in [5.74, 6) is 1.39. The number of aryl methyl sites for hydroxylation is 1. The fourth-order valence-electron chi connectivity index (χ4n) is 3.92. The van der Waals surface area contributed by atoms with E-state index < -0.39 is 0 Å². The quantitative estimate of drug-likeness (QED) is 0.566. The molecule has 1 aromatic carbocycles. The molecule has 0 radical (unpaired) electrons. The summed E-state index contributed by atoms with van der Waals surface area (Å²) in [5, 5.41) is 0.